The first-order valence-corrected chi connectivity index (χ1v) is 9.15. The summed E-state index contributed by atoms with van der Waals surface area (Å²) in [5.41, 5.74) is 4.91. The largest absolute Gasteiger partial charge is 0.483 e. The fourth-order valence-electron chi connectivity index (χ4n) is 3.42. The standard InChI is InChI=1S/C19H20N4O3.CH2O2/c1-12-15(11-24)18(22-26-12)19(25)23-9-7-14-16(8-10-23)20-21-17(14)13-5-3-2-4-6-13;2-1-3/h2-6,24H,7-11H2,1H3,(H,20,21);1H,(H,2,3). The van der Waals surface area contributed by atoms with Crippen LogP contribution in [0.25, 0.3) is 11.3 Å². The minimum absolute atomic E-state index is 0.203. The van der Waals surface area contributed by atoms with E-state index in [1.165, 1.54) is 0 Å². The average molecular weight is 398 g/mol. The molecule has 29 heavy (non-hydrogen) atoms. The van der Waals surface area contributed by atoms with E-state index in [1.807, 2.05) is 30.3 Å². The molecule has 1 aliphatic heterocycles. The number of carbonyl (C=O) groups is 2. The van der Waals surface area contributed by atoms with Crippen LogP contribution in [0.5, 0.6) is 0 Å². The molecule has 152 valence electrons. The minimum Gasteiger partial charge on any atom is -0.483 e. The zero-order valence-electron chi connectivity index (χ0n) is 16.0. The smallest absolute Gasteiger partial charge is 0.290 e. The molecule has 0 fully saturated rings. The second kappa shape index (κ2) is 9.16. The normalized spacial score (nSPS) is 13.1. The van der Waals surface area contributed by atoms with E-state index in [4.69, 9.17) is 14.4 Å². The van der Waals surface area contributed by atoms with Gasteiger partial charge in [-0.15, -0.1) is 0 Å². The van der Waals surface area contributed by atoms with Crippen LogP contribution in [-0.4, -0.2) is 55.9 Å². The number of aryl methyl sites for hydroxylation is 1. The van der Waals surface area contributed by atoms with Gasteiger partial charge in [0.2, 0.25) is 0 Å². The van der Waals surface area contributed by atoms with Crippen LogP contribution in [-0.2, 0) is 24.2 Å². The van der Waals surface area contributed by atoms with Crippen LogP contribution in [0.3, 0.4) is 0 Å². The molecular formula is C20H22N4O5. The van der Waals surface area contributed by atoms with Crippen LogP contribution in [0.1, 0.15) is 33.1 Å². The Morgan fingerprint density at radius 1 is 1.28 bits per heavy atom. The molecular weight excluding hydrogens is 376 g/mol. The monoisotopic (exact) mass is 398 g/mol. The first-order chi connectivity index (χ1) is 14.1. The van der Waals surface area contributed by atoms with Gasteiger partial charge in [0.15, 0.2) is 5.69 Å². The number of amides is 1. The average Bonchev–Trinajstić information content (AvgIpc) is 3.25. The number of aromatic amines is 1. The van der Waals surface area contributed by atoms with Crippen molar-refractivity contribution < 1.29 is 24.3 Å². The summed E-state index contributed by atoms with van der Waals surface area (Å²) in [6, 6.07) is 10.0. The summed E-state index contributed by atoms with van der Waals surface area (Å²) in [6.45, 7) is 2.33. The lowest BCUT2D eigenvalue weighted by molar-refractivity contribution is -0.122. The molecule has 0 spiro atoms. The van der Waals surface area contributed by atoms with E-state index in [0.717, 1.165) is 22.5 Å². The summed E-state index contributed by atoms with van der Waals surface area (Å²) in [4.78, 5) is 23.0. The number of carbonyl (C=O) groups excluding carboxylic acids is 1. The molecule has 1 aliphatic rings. The summed E-state index contributed by atoms with van der Waals surface area (Å²) in [5.74, 6) is 0.275. The summed E-state index contributed by atoms with van der Waals surface area (Å²) in [7, 11) is 0. The first kappa shape index (κ1) is 20.3. The number of nitrogens with zero attached hydrogens (tertiary/aromatic N) is 3. The van der Waals surface area contributed by atoms with Crippen molar-refractivity contribution in [3.8, 4) is 11.3 Å². The molecule has 0 unspecified atom stereocenters. The first-order valence-electron chi connectivity index (χ1n) is 9.15. The number of carboxylic acid groups (broad SMARTS) is 1. The van der Waals surface area contributed by atoms with Crippen LogP contribution < -0.4 is 0 Å². The number of aliphatic hydroxyl groups is 1. The van der Waals surface area contributed by atoms with E-state index in [-0.39, 0.29) is 24.7 Å². The lowest BCUT2D eigenvalue weighted by atomic mass is 10.0. The second-order valence-corrected chi connectivity index (χ2v) is 6.52. The quantitative estimate of drug-likeness (QED) is 0.573. The molecule has 3 heterocycles. The SMILES string of the molecule is Cc1onc(C(=O)N2CCc3[nH]nc(-c4ccccc4)c3CC2)c1CO.O=CO. The van der Waals surface area contributed by atoms with Crippen LogP contribution in [0, 0.1) is 6.92 Å². The number of aromatic nitrogens is 3. The number of hydrogen-bond acceptors (Lipinski definition) is 6. The van der Waals surface area contributed by atoms with Gasteiger partial charge in [0, 0.05) is 36.3 Å². The zero-order chi connectivity index (χ0) is 20.8. The zero-order valence-corrected chi connectivity index (χ0v) is 16.0. The molecule has 9 heteroatoms. The van der Waals surface area contributed by atoms with Crippen LogP contribution in [0.15, 0.2) is 34.9 Å². The van der Waals surface area contributed by atoms with Crippen molar-refractivity contribution in [2.45, 2.75) is 26.4 Å². The Morgan fingerprint density at radius 3 is 2.66 bits per heavy atom. The molecule has 9 nitrogen and oxygen atoms in total. The van der Waals surface area contributed by atoms with Gasteiger partial charge < -0.3 is 19.6 Å². The number of rotatable bonds is 3. The molecule has 0 atom stereocenters. The predicted molar refractivity (Wildman–Crippen MR) is 103 cm³/mol. The number of benzene rings is 1. The molecule has 1 amide bonds. The van der Waals surface area contributed by atoms with Gasteiger partial charge in [0.1, 0.15) is 5.76 Å². The fraction of sp³-hybridized carbons (Fsp3) is 0.300. The van der Waals surface area contributed by atoms with Gasteiger partial charge in [-0.2, -0.15) is 5.10 Å². The Morgan fingerprint density at radius 2 is 1.97 bits per heavy atom. The molecule has 3 N–H and O–H groups in total. The Balaban J connectivity index is 0.000000755. The van der Waals surface area contributed by atoms with E-state index in [2.05, 4.69) is 15.4 Å². The van der Waals surface area contributed by atoms with Gasteiger partial charge in [-0.25, -0.2) is 0 Å². The number of fused-ring (bicyclic) bond motifs is 1. The Bertz CT molecular complexity index is 980. The van der Waals surface area contributed by atoms with E-state index >= 15 is 0 Å². The number of hydrogen-bond donors (Lipinski definition) is 3. The maximum absolute atomic E-state index is 12.8. The molecule has 0 saturated heterocycles. The minimum atomic E-state index is -0.259. The maximum atomic E-state index is 12.8. The van der Waals surface area contributed by atoms with Gasteiger partial charge in [0.25, 0.3) is 12.4 Å². The summed E-state index contributed by atoms with van der Waals surface area (Å²) in [6.07, 6.45) is 1.42. The molecule has 4 rings (SSSR count). The number of H-pyrrole nitrogens is 1. The number of nitrogens with one attached hydrogen (secondary N) is 1. The molecule has 0 saturated carbocycles. The third-order valence-electron chi connectivity index (χ3n) is 4.90. The van der Waals surface area contributed by atoms with Gasteiger partial charge in [-0.1, -0.05) is 35.5 Å². The summed E-state index contributed by atoms with van der Waals surface area (Å²) in [5, 5.41) is 27.8. The highest BCUT2D eigenvalue weighted by Gasteiger charge is 2.27. The lowest BCUT2D eigenvalue weighted by Crippen LogP contribution is -2.34. The van der Waals surface area contributed by atoms with E-state index < -0.39 is 0 Å². The Hall–Kier alpha value is -3.46. The van der Waals surface area contributed by atoms with E-state index in [0.29, 0.717) is 37.3 Å². The van der Waals surface area contributed by atoms with Gasteiger partial charge >= 0.3 is 0 Å². The topological polar surface area (TPSA) is 133 Å². The summed E-state index contributed by atoms with van der Waals surface area (Å²) >= 11 is 0. The third kappa shape index (κ3) is 4.19. The van der Waals surface area contributed by atoms with Gasteiger partial charge in [-0.05, 0) is 13.3 Å². The molecule has 1 aromatic carbocycles. The highest BCUT2D eigenvalue weighted by atomic mass is 16.5. The van der Waals surface area contributed by atoms with Crippen molar-refractivity contribution in [2.24, 2.45) is 0 Å². The van der Waals surface area contributed by atoms with Crippen molar-refractivity contribution in [1.82, 2.24) is 20.3 Å². The molecule has 2 aromatic heterocycles. The van der Waals surface area contributed by atoms with Crippen LogP contribution >= 0.6 is 0 Å². The Labute approximate surface area is 166 Å². The molecule has 0 radical (unpaired) electrons. The van der Waals surface area contributed by atoms with Gasteiger partial charge in [0.05, 0.1) is 17.9 Å². The van der Waals surface area contributed by atoms with Crippen LogP contribution in [0.2, 0.25) is 0 Å². The second-order valence-electron chi connectivity index (χ2n) is 6.52. The molecule has 0 bridgehead atoms. The molecule has 3 aromatic rings. The van der Waals surface area contributed by atoms with E-state index in [1.54, 1.807) is 11.8 Å². The van der Waals surface area contributed by atoms with Crippen molar-refractivity contribution in [2.75, 3.05) is 13.1 Å². The highest BCUT2D eigenvalue weighted by molar-refractivity contribution is 5.94. The van der Waals surface area contributed by atoms with Crippen molar-refractivity contribution in [1.29, 1.82) is 0 Å². The van der Waals surface area contributed by atoms with Crippen molar-refractivity contribution in [3.05, 3.63) is 58.6 Å². The summed E-state index contributed by atoms with van der Waals surface area (Å²) < 4.78 is 5.08. The lowest BCUT2D eigenvalue weighted by Gasteiger charge is -2.19. The predicted octanol–water partition coefficient (Wildman–Crippen LogP) is 1.81. The van der Waals surface area contributed by atoms with E-state index in [9.17, 15) is 9.90 Å². The Kier molecular flexibility index (Phi) is 6.40. The number of aliphatic hydroxyl groups excluding tert-OH is 1. The van der Waals surface area contributed by atoms with Gasteiger partial charge in [-0.3, -0.25) is 14.7 Å². The van der Waals surface area contributed by atoms with Crippen molar-refractivity contribution >= 4 is 12.4 Å². The van der Waals surface area contributed by atoms with Crippen LogP contribution in [0.4, 0.5) is 0 Å². The maximum Gasteiger partial charge on any atom is 0.290 e. The fourth-order valence-corrected chi connectivity index (χ4v) is 3.42. The van der Waals surface area contributed by atoms with Crippen molar-refractivity contribution in [3.63, 3.8) is 0 Å². The highest BCUT2D eigenvalue weighted by Crippen LogP contribution is 2.27. The molecule has 0 aliphatic carbocycles. The third-order valence-corrected chi connectivity index (χ3v) is 4.90.